The zero-order chi connectivity index (χ0) is 17.7. The molecule has 0 aromatic heterocycles. The Morgan fingerprint density at radius 1 is 1.12 bits per heavy atom. The van der Waals surface area contributed by atoms with Crippen molar-refractivity contribution >= 4 is 39.3 Å². The van der Waals surface area contributed by atoms with Crippen LogP contribution in [-0.4, -0.2) is 21.4 Å². The molecule has 2 aromatic carbocycles. The molecule has 0 aliphatic heterocycles. The van der Waals surface area contributed by atoms with Gasteiger partial charge in [0.15, 0.2) is 0 Å². The van der Waals surface area contributed by atoms with Crippen molar-refractivity contribution in [1.82, 2.24) is 4.72 Å². The summed E-state index contributed by atoms with van der Waals surface area (Å²) in [5, 5.41) is 3.16. The predicted molar refractivity (Wildman–Crippen MR) is 96.5 cm³/mol. The third-order valence-corrected chi connectivity index (χ3v) is 5.01. The highest BCUT2D eigenvalue weighted by molar-refractivity contribution is 7.89. The summed E-state index contributed by atoms with van der Waals surface area (Å²) < 4.78 is 25.5. The van der Waals surface area contributed by atoms with Crippen LogP contribution in [0.1, 0.15) is 11.1 Å². The van der Waals surface area contributed by atoms with Gasteiger partial charge in [-0.15, -0.1) is 0 Å². The van der Waals surface area contributed by atoms with Gasteiger partial charge in [0.25, 0.3) is 0 Å². The molecule has 2 aromatic rings. The van der Waals surface area contributed by atoms with Crippen LogP contribution in [0.2, 0.25) is 5.02 Å². The lowest BCUT2D eigenvalue weighted by atomic mass is 10.2. The normalized spacial score (nSPS) is 11.6. The van der Waals surface area contributed by atoms with Crippen molar-refractivity contribution in [3.8, 4) is 0 Å². The Hall–Kier alpha value is -2.15. The molecular weight excluding hydrogens is 348 g/mol. The first-order valence-corrected chi connectivity index (χ1v) is 8.97. The van der Waals surface area contributed by atoms with Gasteiger partial charge in [-0.1, -0.05) is 29.8 Å². The number of hydrogen-bond acceptors (Lipinski definition) is 3. The first kappa shape index (κ1) is 18.2. The minimum absolute atomic E-state index is 0.165. The van der Waals surface area contributed by atoms with Crippen LogP contribution in [-0.2, 0) is 14.8 Å². The van der Waals surface area contributed by atoms with Gasteiger partial charge in [0, 0.05) is 6.08 Å². The van der Waals surface area contributed by atoms with Gasteiger partial charge in [-0.3, -0.25) is 4.79 Å². The number of sulfonamides is 1. The van der Waals surface area contributed by atoms with E-state index in [9.17, 15) is 13.2 Å². The molecule has 0 aliphatic rings. The zero-order valence-electron chi connectivity index (χ0n) is 13.2. The number of carbonyl (C=O) groups is 1. The molecule has 2 rings (SSSR count). The Kier molecular flexibility index (Phi) is 5.77. The van der Waals surface area contributed by atoms with Crippen molar-refractivity contribution in [2.24, 2.45) is 0 Å². The van der Waals surface area contributed by atoms with Crippen molar-refractivity contribution in [1.29, 1.82) is 0 Å². The van der Waals surface area contributed by atoms with Gasteiger partial charge in [0.2, 0.25) is 15.9 Å². The molecule has 1 amide bonds. The second kappa shape index (κ2) is 7.61. The van der Waals surface area contributed by atoms with Gasteiger partial charge >= 0.3 is 0 Å². The molecule has 0 bridgehead atoms. The summed E-state index contributed by atoms with van der Waals surface area (Å²) in [6.45, 7) is 1.91. The van der Waals surface area contributed by atoms with Crippen LogP contribution in [0.5, 0.6) is 0 Å². The topological polar surface area (TPSA) is 75.3 Å². The molecule has 0 fully saturated rings. The summed E-state index contributed by atoms with van der Waals surface area (Å²) >= 11 is 6.06. The molecule has 0 saturated heterocycles. The average molecular weight is 365 g/mol. The van der Waals surface area contributed by atoms with Crippen molar-refractivity contribution in [2.75, 3.05) is 12.4 Å². The number of amides is 1. The summed E-state index contributed by atoms with van der Waals surface area (Å²) in [5.41, 5.74) is 2.24. The fourth-order valence-electron chi connectivity index (χ4n) is 1.94. The summed E-state index contributed by atoms with van der Waals surface area (Å²) in [7, 11) is -2.11. The third kappa shape index (κ3) is 4.67. The Labute approximate surface area is 146 Å². The molecule has 7 heteroatoms. The van der Waals surface area contributed by atoms with Crippen molar-refractivity contribution < 1.29 is 13.2 Å². The van der Waals surface area contributed by atoms with Gasteiger partial charge in [-0.25, -0.2) is 13.1 Å². The van der Waals surface area contributed by atoms with Gasteiger partial charge < -0.3 is 5.32 Å². The highest BCUT2D eigenvalue weighted by atomic mass is 35.5. The number of hydrogen-bond donors (Lipinski definition) is 2. The number of rotatable bonds is 5. The molecule has 0 aliphatic carbocycles. The summed E-state index contributed by atoms with van der Waals surface area (Å²) in [5.74, 6) is -0.326. The zero-order valence-corrected chi connectivity index (χ0v) is 14.8. The van der Waals surface area contributed by atoms with Gasteiger partial charge in [-0.2, -0.15) is 0 Å². The van der Waals surface area contributed by atoms with Crippen LogP contribution < -0.4 is 10.0 Å². The van der Waals surface area contributed by atoms with Crippen LogP contribution in [0.15, 0.2) is 53.4 Å². The molecule has 126 valence electrons. The number of benzene rings is 2. The van der Waals surface area contributed by atoms with Crippen LogP contribution >= 0.6 is 11.6 Å². The standard InChI is InChI=1S/C17H17ClN2O3S/c1-12-3-9-16(15(18)11-12)20-17(21)10-6-13-4-7-14(8-5-13)24(22,23)19-2/h3-11,19H,1-2H3,(H,20,21)/b10-6+. The highest BCUT2D eigenvalue weighted by Crippen LogP contribution is 2.22. The van der Waals surface area contributed by atoms with Crippen molar-refractivity contribution in [2.45, 2.75) is 11.8 Å². The van der Waals surface area contributed by atoms with Crippen molar-refractivity contribution in [3.63, 3.8) is 0 Å². The summed E-state index contributed by atoms with van der Waals surface area (Å²) in [6, 6.07) is 11.5. The Bertz CT molecular complexity index is 875. The molecule has 0 radical (unpaired) electrons. The number of carbonyl (C=O) groups excluding carboxylic acids is 1. The maximum atomic E-state index is 11.9. The van der Waals surface area contributed by atoms with Crippen LogP contribution in [0, 0.1) is 6.92 Å². The molecule has 0 heterocycles. The Morgan fingerprint density at radius 2 is 1.79 bits per heavy atom. The first-order valence-electron chi connectivity index (χ1n) is 7.10. The fourth-order valence-corrected chi connectivity index (χ4v) is 2.96. The fraction of sp³-hybridized carbons (Fsp3) is 0.118. The molecular formula is C17H17ClN2O3S. The maximum absolute atomic E-state index is 11.9. The Morgan fingerprint density at radius 3 is 2.38 bits per heavy atom. The van der Waals surface area contributed by atoms with Gasteiger partial charge in [-0.05, 0) is 55.4 Å². The van der Waals surface area contributed by atoms with E-state index in [1.807, 2.05) is 13.0 Å². The van der Waals surface area contributed by atoms with E-state index in [0.29, 0.717) is 16.3 Å². The molecule has 0 unspecified atom stereocenters. The second-order valence-corrected chi connectivity index (χ2v) is 7.38. The number of aryl methyl sites for hydroxylation is 1. The van der Waals surface area contributed by atoms with E-state index >= 15 is 0 Å². The molecule has 0 atom stereocenters. The molecule has 2 N–H and O–H groups in total. The smallest absolute Gasteiger partial charge is 0.248 e. The van der Waals surface area contributed by atoms with E-state index in [2.05, 4.69) is 10.0 Å². The molecule has 0 saturated carbocycles. The lowest BCUT2D eigenvalue weighted by Crippen LogP contribution is -2.18. The van der Waals surface area contributed by atoms with Crippen molar-refractivity contribution in [3.05, 3.63) is 64.7 Å². The van der Waals surface area contributed by atoms with E-state index < -0.39 is 10.0 Å². The SMILES string of the molecule is CNS(=O)(=O)c1ccc(/C=C/C(=O)Nc2ccc(C)cc2Cl)cc1. The largest absolute Gasteiger partial charge is 0.321 e. The van der Waals surface area contributed by atoms with E-state index in [1.54, 1.807) is 30.3 Å². The van der Waals surface area contributed by atoms with E-state index in [-0.39, 0.29) is 10.8 Å². The average Bonchev–Trinajstić information content (AvgIpc) is 2.56. The quantitative estimate of drug-likeness (QED) is 0.800. The van der Waals surface area contributed by atoms with Crippen LogP contribution in [0.3, 0.4) is 0 Å². The monoisotopic (exact) mass is 364 g/mol. The lowest BCUT2D eigenvalue weighted by molar-refractivity contribution is -0.111. The van der Waals surface area contributed by atoms with Crippen LogP contribution in [0.4, 0.5) is 5.69 Å². The molecule has 5 nitrogen and oxygen atoms in total. The predicted octanol–water partition coefficient (Wildman–Crippen LogP) is 3.21. The number of halogens is 1. The number of nitrogens with one attached hydrogen (secondary N) is 2. The van der Waals surface area contributed by atoms with E-state index in [0.717, 1.165) is 5.56 Å². The lowest BCUT2D eigenvalue weighted by Gasteiger charge is -2.05. The minimum Gasteiger partial charge on any atom is -0.321 e. The molecule has 0 spiro atoms. The first-order chi connectivity index (χ1) is 11.3. The highest BCUT2D eigenvalue weighted by Gasteiger charge is 2.09. The second-order valence-electron chi connectivity index (χ2n) is 5.08. The van der Waals surface area contributed by atoms with E-state index in [4.69, 9.17) is 11.6 Å². The maximum Gasteiger partial charge on any atom is 0.248 e. The summed E-state index contributed by atoms with van der Waals surface area (Å²) in [4.78, 5) is 12.1. The third-order valence-electron chi connectivity index (χ3n) is 3.27. The van der Waals surface area contributed by atoms with E-state index in [1.165, 1.54) is 25.3 Å². The van der Waals surface area contributed by atoms with Gasteiger partial charge in [0.1, 0.15) is 0 Å². The Balaban J connectivity index is 2.06. The minimum atomic E-state index is -3.46. The van der Waals surface area contributed by atoms with Gasteiger partial charge in [0.05, 0.1) is 15.6 Å². The molecule has 24 heavy (non-hydrogen) atoms. The number of anilines is 1. The van der Waals surface area contributed by atoms with Crippen LogP contribution in [0.25, 0.3) is 6.08 Å². The summed E-state index contributed by atoms with van der Waals surface area (Å²) in [6.07, 6.45) is 2.95.